The van der Waals surface area contributed by atoms with Crippen molar-refractivity contribution in [2.75, 3.05) is 33.2 Å². The van der Waals surface area contributed by atoms with Crippen molar-refractivity contribution in [1.82, 2.24) is 9.80 Å². The number of phenols is 1. The molecule has 26 heavy (non-hydrogen) atoms. The molecule has 1 N–H and O–H groups in total. The number of carbonyl (C=O) groups excluding carboxylic acids is 2. The molecule has 3 rings (SSSR count). The van der Waals surface area contributed by atoms with Gasteiger partial charge in [0.15, 0.2) is 11.9 Å². The second-order valence-electron chi connectivity index (χ2n) is 6.38. The third-order valence-corrected chi connectivity index (χ3v) is 4.72. The Balaban J connectivity index is 1.96. The molecule has 0 atom stereocenters. The molecule has 1 aromatic heterocycles. The zero-order valence-electron chi connectivity index (χ0n) is 14.7. The van der Waals surface area contributed by atoms with Crippen molar-refractivity contribution in [3.63, 3.8) is 0 Å². The van der Waals surface area contributed by atoms with E-state index in [4.69, 9.17) is 4.42 Å². The van der Waals surface area contributed by atoms with Crippen LogP contribution in [0.1, 0.15) is 21.5 Å². The number of hydrogen-bond acceptors (Lipinski definition) is 6. The van der Waals surface area contributed by atoms with E-state index in [0.29, 0.717) is 30.3 Å². The fourth-order valence-electron chi connectivity index (χ4n) is 3.03. The highest BCUT2D eigenvalue weighted by Gasteiger charge is 2.18. The van der Waals surface area contributed by atoms with E-state index in [0.717, 1.165) is 13.1 Å². The summed E-state index contributed by atoms with van der Waals surface area (Å²) >= 11 is 0. The maximum absolute atomic E-state index is 12.3. The minimum Gasteiger partial charge on any atom is -0.507 e. The summed E-state index contributed by atoms with van der Waals surface area (Å²) in [6.45, 7) is 4.63. The van der Waals surface area contributed by atoms with Gasteiger partial charge in [-0.3, -0.25) is 9.59 Å². The van der Waals surface area contributed by atoms with Crippen LogP contribution in [0, 0.1) is 6.92 Å². The van der Waals surface area contributed by atoms with Crippen LogP contribution in [0.5, 0.6) is 5.75 Å². The lowest BCUT2D eigenvalue weighted by Gasteiger charge is -2.31. The van der Waals surface area contributed by atoms with E-state index in [9.17, 15) is 19.5 Å². The molecule has 0 saturated carbocycles. The van der Waals surface area contributed by atoms with E-state index >= 15 is 0 Å². The molecule has 1 aliphatic heterocycles. The van der Waals surface area contributed by atoms with Crippen molar-refractivity contribution in [3.8, 4) is 5.75 Å². The number of fused-ring (bicyclic) bond motifs is 1. The van der Waals surface area contributed by atoms with Gasteiger partial charge in [0.1, 0.15) is 5.75 Å². The molecule has 0 spiro atoms. The van der Waals surface area contributed by atoms with Crippen molar-refractivity contribution < 1.29 is 19.1 Å². The smallest absolute Gasteiger partial charge is 0.343 e. The second-order valence-corrected chi connectivity index (χ2v) is 6.38. The molecule has 0 bridgehead atoms. The number of phenolic OH excluding ortho intramolecular Hbond substituents is 1. The topological polar surface area (TPSA) is 91.1 Å². The van der Waals surface area contributed by atoms with E-state index in [1.54, 1.807) is 17.9 Å². The number of rotatable bonds is 3. The molecule has 1 aromatic carbocycles. The number of benzene rings is 1. The highest BCUT2D eigenvalue weighted by Crippen LogP contribution is 2.28. The lowest BCUT2D eigenvalue weighted by Crippen LogP contribution is -2.46. The van der Waals surface area contributed by atoms with Crippen LogP contribution in [0.25, 0.3) is 17.0 Å². The SMILES string of the molecule is Cc1c(C=CC(=O)N2CCN(C)CC2)c(=O)oc2c(C=O)c(O)ccc12. The number of aldehydes is 1. The zero-order chi connectivity index (χ0) is 18.8. The first-order chi connectivity index (χ1) is 12.4. The molecule has 136 valence electrons. The van der Waals surface area contributed by atoms with Crippen molar-refractivity contribution in [2.24, 2.45) is 0 Å². The lowest BCUT2D eigenvalue weighted by molar-refractivity contribution is -0.127. The maximum Gasteiger partial charge on any atom is 0.343 e. The minimum atomic E-state index is -0.661. The van der Waals surface area contributed by atoms with Crippen molar-refractivity contribution in [1.29, 1.82) is 0 Å². The highest BCUT2D eigenvalue weighted by molar-refractivity contribution is 5.99. The molecule has 1 saturated heterocycles. The van der Waals surface area contributed by atoms with Crippen molar-refractivity contribution >= 4 is 29.2 Å². The Morgan fingerprint density at radius 1 is 1.19 bits per heavy atom. The predicted molar refractivity (Wildman–Crippen MR) is 97.4 cm³/mol. The minimum absolute atomic E-state index is 0.0463. The van der Waals surface area contributed by atoms with Crippen molar-refractivity contribution in [3.05, 3.63) is 45.3 Å². The van der Waals surface area contributed by atoms with E-state index in [1.807, 2.05) is 7.05 Å². The summed E-state index contributed by atoms with van der Waals surface area (Å²) in [6, 6.07) is 2.96. The molecule has 7 heteroatoms. The van der Waals surface area contributed by atoms with Crippen LogP contribution in [0.15, 0.2) is 27.4 Å². The average Bonchev–Trinajstić information content (AvgIpc) is 2.61. The number of hydrogen-bond donors (Lipinski definition) is 1. The quantitative estimate of drug-likeness (QED) is 0.508. The fourth-order valence-corrected chi connectivity index (χ4v) is 3.03. The van der Waals surface area contributed by atoms with E-state index < -0.39 is 5.63 Å². The van der Waals surface area contributed by atoms with Gasteiger partial charge in [-0.25, -0.2) is 4.79 Å². The Labute approximate surface area is 150 Å². The summed E-state index contributed by atoms with van der Waals surface area (Å²) < 4.78 is 5.24. The fraction of sp³-hybridized carbons (Fsp3) is 0.316. The van der Waals surface area contributed by atoms with E-state index in [2.05, 4.69) is 4.90 Å². The van der Waals surface area contributed by atoms with Crippen LogP contribution in [-0.2, 0) is 4.79 Å². The normalized spacial score (nSPS) is 15.7. The van der Waals surface area contributed by atoms with Gasteiger partial charge in [-0.05, 0) is 37.7 Å². The van der Waals surface area contributed by atoms with E-state index in [-0.39, 0.29) is 28.4 Å². The Hall–Kier alpha value is -2.93. The first kappa shape index (κ1) is 17.9. The lowest BCUT2D eigenvalue weighted by atomic mass is 10.0. The molecule has 1 aliphatic rings. The largest absolute Gasteiger partial charge is 0.507 e. The summed E-state index contributed by atoms with van der Waals surface area (Å²) in [5.41, 5.74) is 0.159. The van der Waals surface area contributed by atoms with Gasteiger partial charge in [-0.1, -0.05) is 0 Å². The monoisotopic (exact) mass is 356 g/mol. The van der Waals surface area contributed by atoms with Crippen LogP contribution >= 0.6 is 0 Å². The predicted octanol–water partition coefficient (Wildman–Crippen LogP) is 1.41. The summed E-state index contributed by atoms with van der Waals surface area (Å²) in [7, 11) is 2.01. The molecule has 1 amide bonds. The van der Waals surface area contributed by atoms with Crippen LogP contribution in [0.4, 0.5) is 0 Å². The maximum atomic E-state index is 12.3. The highest BCUT2D eigenvalue weighted by atomic mass is 16.4. The first-order valence-corrected chi connectivity index (χ1v) is 8.32. The number of likely N-dealkylation sites (N-methyl/N-ethyl adjacent to an activating group) is 1. The van der Waals surface area contributed by atoms with Crippen molar-refractivity contribution in [2.45, 2.75) is 6.92 Å². The van der Waals surface area contributed by atoms with Gasteiger partial charge in [0.2, 0.25) is 5.91 Å². The number of aromatic hydroxyl groups is 1. The summed E-state index contributed by atoms with van der Waals surface area (Å²) in [4.78, 5) is 39.7. The molecule has 7 nitrogen and oxygen atoms in total. The number of carbonyl (C=O) groups is 2. The van der Waals surface area contributed by atoms with Gasteiger partial charge in [0.25, 0.3) is 0 Å². The zero-order valence-corrected chi connectivity index (χ0v) is 14.7. The van der Waals surface area contributed by atoms with Gasteiger partial charge in [0, 0.05) is 37.6 Å². The third-order valence-electron chi connectivity index (χ3n) is 4.72. The van der Waals surface area contributed by atoms with E-state index in [1.165, 1.54) is 18.2 Å². The van der Waals surface area contributed by atoms with Crippen LogP contribution in [-0.4, -0.2) is 60.3 Å². The summed E-state index contributed by atoms with van der Waals surface area (Å²) in [5.74, 6) is -0.403. The summed E-state index contributed by atoms with van der Waals surface area (Å²) in [6.07, 6.45) is 3.28. The Morgan fingerprint density at radius 3 is 2.54 bits per heavy atom. The van der Waals surface area contributed by atoms with Gasteiger partial charge in [-0.15, -0.1) is 0 Å². The standard InChI is InChI=1S/C19H20N2O5/c1-12-13-3-5-16(23)15(11-22)18(13)26-19(25)14(12)4-6-17(24)21-9-7-20(2)8-10-21/h3-6,11,23H,7-10H2,1-2H3. The van der Waals surface area contributed by atoms with Gasteiger partial charge in [-0.2, -0.15) is 0 Å². The second kappa shape index (κ2) is 7.13. The van der Waals surface area contributed by atoms with Gasteiger partial charge >= 0.3 is 5.63 Å². The van der Waals surface area contributed by atoms with Gasteiger partial charge < -0.3 is 19.3 Å². The molecule has 2 aromatic rings. The molecule has 0 unspecified atom stereocenters. The van der Waals surface area contributed by atoms with Crippen LogP contribution < -0.4 is 5.63 Å². The average molecular weight is 356 g/mol. The number of aryl methyl sites for hydroxylation is 1. The molecule has 1 fully saturated rings. The van der Waals surface area contributed by atoms with Gasteiger partial charge in [0.05, 0.1) is 11.1 Å². The van der Waals surface area contributed by atoms with Crippen LogP contribution in [0.2, 0.25) is 0 Å². The Morgan fingerprint density at radius 2 is 1.88 bits per heavy atom. The summed E-state index contributed by atoms with van der Waals surface area (Å²) in [5, 5.41) is 10.3. The molecule has 0 radical (unpaired) electrons. The molecular weight excluding hydrogens is 336 g/mol. The molecular formula is C19H20N2O5. The number of piperazine rings is 1. The number of nitrogens with zero attached hydrogens (tertiary/aromatic N) is 2. The first-order valence-electron chi connectivity index (χ1n) is 8.32. The Bertz CT molecular complexity index is 953. The molecule has 2 heterocycles. The van der Waals surface area contributed by atoms with Crippen LogP contribution in [0.3, 0.4) is 0 Å². The Kier molecular flexibility index (Phi) is 4.90. The number of amides is 1. The molecule has 0 aliphatic carbocycles. The third kappa shape index (κ3) is 3.25.